The molecule has 5 nitrogen and oxygen atoms in total. The number of allylic oxidation sites excluding steroid dienone is 1. The molecule has 2 rings (SSSR count). The van der Waals surface area contributed by atoms with Crippen molar-refractivity contribution in [3.05, 3.63) is 23.3 Å². The second kappa shape index (κ2) is 6.10. The highest BCUT2D eigenvalue weighted by molar-refractivity contribution is 6.74. The Hall–Kier alpha value is -1.24. The molecule has 1 aliphatic rings. The van der Waals surface area contributed by atoms with Crippen molar-refractivity contribution in [2.24, 2.45) is 4.99 Å². The summed E-state index contributed by atoms with van der Waals surface area (Å²) < 4.78 is 8.18. The van der Waals surface area contributed by atoms with Gasteiger partial charge in [-0.1, -0.05) is 20.8 Å². The molecule has 1 aromatic rings. The molecule has 0 bridgehead atoms. The molecular formula is C16H27N3O2Si. The Labute approximate surface area is 133 Å². The number of hydrogen-bond acceptors (Lipinski definition) is 4. The van der Waals surface area contributed by atoms with Gasteiger partial charge in [-0.05, 0) is 31.1 Å². The number of nitrogens with zero attached hydrogens (tertiary/aromatic N) is 3. The highest BCUT2D eigenvalue weighted by atomic mass is 28.4. The molecule has 0 saturated heterocycles. The number of rotatable bonds is 4. The lowest BCUT2D eigenvalue weighted by Gasteiger charge is -2.36. The van der Waals surface area contributed by atoms with E-state index in [1.807, 2.05) is 23.8 Å². The zero-order valence-electron chi connectivity index (χ0n) is 14.5. The molecule has 1 N–H and O–H groups in total. The molecule has 0 unspecified atom stereocenters. The molecule has 0 amide bonds. The van der Waals surface area contributed by atoms with E-state index >= 15 is 0 Å². The van der Waals surface area contributed by atoms with Crippen LogP contribution in [0.2, 0.25) is 18.1 Å². The third kappa shape index (κ3) is 3.39. The fourth-order valence-electron chi connectivity index (χ4n) is 2.04. The topological polar surface area (TPSA) is 59.6 Å². The Kier molecular flexibility index (Phi) is 4.75. The van der Waals surface area contributed by atoms with Crippen molar-refractivity contribution in [2.45, 2.75) is 65.6 Å². The van der Waals surface area contributed by atoms with Crippen LogP contribution in [-0.4, -0.2) is 28.7 Å². The van der Waals surface area contributed by atoms with E-state index in [1.165, 1.54) is 0 Å². The molecule has 1 aromatic heterocycles. The minimum atomic E-state index is -1.83. The van der Waals surface area contributed by atoms with E-state index in [9.17, 15) is 5.11 Å². The summed E-state index contributed by atoms with van der Waals surface area (Å²) in [5.74, 6) is 0.853. The van der Waals surface area contributed by atoms with Gasteiger partial charge in [0, 0.05) is 11.9 Å². The van der Waals surface area contributed by atoms with Gasteiger partial charge in [0.15, 0.2) is 8.32 Å². The fourth-order valence-corrected chi connectivity index (χ4v) is 2.97. The summed E-state index contributed by atoms with van der Waals surface area (Å²) in [6.07, 6.45) is 3.87. The van der Waals surface area contributed by atoms with Gasteiger partial charge >= 0.3 is 0 Å². The van der Waals surface area contributed by atoms with Crippen LogP contribution in [0, 0.1) is 0 Å². The average molecular weight is 321 g/mol. The predicted molar refractivity (Wildman–Crippen MR) is 92.3 cm³/mol. The van der Waals surface area contributed by atoms with Crippen molar-refractivity contribution >= 4 is 20.2 Å². The summed E-state index contributed by atoms with van der Waals surface area (Å²) in [6.45, 7) is 14.0. The van der Waals surface area contributed by atoms with Crippen LogP contribution in [0.4, 0.5) is 0 Å². The summed E-state index contributed by atoms with van der Waals surface area (Å²) >= 11 is 0. The lowest BCUT2D eigenvalue weighted by Crippen LogP contribution is -2.40. The molecule has 1 aliphatic heterocycles. The highest BCUT2D eigenvalue weighted by Gasteiger charge is 2.37. The van der Waals surface area contributed by atoms with Crippen LogP contribution >= 0.6 is 0 Å². The van der Waals surface area contributed by atoms with Crippen molar-refractivity contribution in [3.63, 3.8) is 0 Å². The molecule has 2 heterocycles. The minimum absolute atomic E-state index is 0.0490. The Morgan fingerprint density at radius 2 is 2.05 bits per heavy atom. The van der Waals surface area contributed by atoms with Crippen LogP contribution < -0.4 is 0 Å². The maximum atomic E-state index is 9.73. The van der Waals surface area contributed by atoms with Gasteiger partial charge in [0.25, 0.3) is 0 Å². The molecule has 122 valence electrons. The van der Waals surface area contributed by atoms with Crippen LogP contribution in [0.15, 0.2) is 11.1 Å². The van der Waals surface area contributed by atoms with Crippen LogP contribution in [0.5, 0.6) is 0 Å². The Morgan fingerprint density at radius 1 is 1.36 bits per heavy atom. The second-order valence-electron chi connectivity index (χ2n) is 7.27. The standard InChI is InChI=1S/C16H27N3O2Si/c1-12-7-8-19-14(10-20)13(18-15(19)9-17-12)11-21-22(5,6)16(2,3)4/h7-8,20H,9-11H2,1-6H3. The summed E-state index contributed by atoms with van der Waals surface area (Å²) in [5.41, 5.74) is 2.59. The number of aliphatic imine (C=N–C) groups is 1. The molecule has 0 aliphatic carbocycles. The molecule has 0 aromatic carbocycles. The smallest absolute Gasteiger partial charge is 0.192 e. The van der Waals surface area contributed by atoms with Crippen LogP contribution in [-0.2, 0) is 24.2 Å². The number of fused-ring (bicyclic) bond motifs is 1. The third-order valence-electron chi connectivity index (χ3n) is 4.63. The Balaban J connectivity index is 2.24. The van der Waals surface area contributed by atoms with Gasteiger partial charge < -0.3 is 14.1 Å². The van der Waals surface area contributed by atoms with Crippen molar-refractivity contribution in [1.82, 2.24) is 9.55 Å². The van der Waals surface area contributed by atoms with E-state index in [1.54, 1.807) is 0 Å². The normalized spacial score (nSPS) is 15.5. The highest BCUT2D eigenvalue weighted by Crippen LogP contribution is 2.37. The molecule has 0 fully saturated rings. The third-order valence-corrected chi connectivity index (χ3v) is 9.10. The van der Waals surface area contributed by atoms with Gasteiger partial charge in [-0.25, -0.2) is 4.98 Å². The van der Waals surface area contributed by atoms with Crippen molar-refractivity contribution in [2.75, 3.05) is 0 Å². The molecule has 0 atom stereocenters. The molecular weight excluding hydrogens is 294 g/mol. The van der Waals surface area contributed by atoms with E-state index in [-0.39, 0.29) is 11.6 Å². The first kappa shape index (κ1) is 17.1. The molecule has 0 spiro atoms. The van der Waals surface area contributed by atoms with E-state index in [0.29, 0.717) is 13.2 Å². The van der Waals surface area contributed by atoms with Gasteiger partial charge in [-0.3, -0.25) is 4.99 Å². The van der Waals surface area contributed by atoms with E-state index in [0.717, 1.165) is 22.9 Å². The summed E-state index contributed by atoms with van der Waals surface area (Å²) in [4.78, 5) is 9.08. The summed E-state index contributed by atoms with van der Waals surface area (Å²) in [6, 6.07) is 0. The van der Waals surface area contributed by atoms with E-state index in [2.05, 4.69) is 43.8 Å². The zero-order valence-corrected chi connectivity index (χ0v) is 15.5. The second-order valence-corrected chi connectivity index (χ2v) is 12.1. The first-order valence-electron chi connectivity index (χ1n) is 7.68. The van der Waals surface area contributed by atoms with Crippen LogP contribution in [0.25, 0.3) is 6.20 Å². The van der Waals surface area contributed by atoms with Crippen molar-refractivity contribution in [1.29, 1.82) is 0 Å². The van der Waals surface area contributed by atoms with Gasteiger partial charge in [-0.2, -0.15) is 0 Å². The quantitative estimate of drug-likeness (QED) is 0.865. The predicted octanol–water partition coefficient (Wildman–Crippen LogP) is 3.34. The monoisotopic (exact) mass is 321 g/mol. The number of imidazole rings is 1. The van der Waals surface area contributed by atoms with Gasteiger partial charge in [0.1, 0.15) is 5.82 Å². The van der Waals surface area contributed by atoms with Gasteiger partial charge in [0.05, 0.1) is 31.1 Å². The number of aliphatic hydroxyl groups is 1. The summed E-state index contributed by atoms with van der Waals surface area (Å²) in [5, 5.41) is 9.89. The van der Waals surface area contributed by atoms with E-state index in [4.69, 9.17) is 4.43 Å². The maximum Gasteiger partial charge on any atom is 0.192 e. The lowest BCUT2D eigenvalue weighted by molar-refractivity contribution is 0.252. The van der Waals surface area contributed by atoms with Crippen LogP contribution in [0.3, 0.4) is 0 Å². The SMILES string of the molecule is CC1=NCc2nc(CO[Si](C)(C)C(C)(C)C)c(CO)n2C=C1. The Morgan fingerprint density at radius 3 is 2.64 bits per heavy atom. The van der Waals surface area contributed by atoms with Gasteiger partial charge in [0.2, 0.25) is 0 Å². The first-order chi connectivity index (χ1) is 10.2. The molecule has 0 radical (unpaired) electrons. The average Bonchev–Trinajstić information content (AvgIpc) is 2.66. The minimum Gasteiger partial charge on any atom is -0.411 e. The number of aromatic nitrogens is 2. The molecule has 22 heavy (non-hydrogen) atoms. The fraction of sp³-hybridized carbons (Fsp3) is 0.625. The first-order valence-corrected chi connectivity index (χ1v) is 10.6. The largest absolute Gasteiger partial charge is 0.411 e. The van der Waals surface area contributed by atoms with Crippen molar-refractivity contribution in [3.8, 4) is 0 Å². The Bertz CT molecular complexity index is 610. The lowest BCUT2D eigenvalue weighted by atomic mass is 10.2. The maximum absolute atomic E-state index is 9.73. The van der Waals surface area contributed by atoms with E-state index < -0.39 is 8.32 Å². The van der Waals surface area contributed by atoms with Crippen molar-refractivity contribution < 1.29 is 9.53 Å². The number of hydrogen-bond donors (Lipinski definition) is 1. The molecule has 0 saturated carbocycles. The van der Waals surface area contributed by atoms with Gasteiger partial charge in [-0.15, -0.1) is 0 Å². The van der Waals surface area contributed by atoms with Crippen LogP contribution in [0.1, 0.15) is 44.9 Å². The molecule has 6 heteroatoms. The summed E-state index contributed by atoms with van der Waals surface area (Å²) in [7, 11) is -1.83. The number of aliphatic hydroxyl groups excluding tert-OH is 1. The zero-order chi connectivity index (χ0) is 16.5.